The molecule has 0 amide bonds. The zero-order chi connectivity index (χ0) is 49.5. The van der Waals surface area contributed by atoms with Gasteiger partial charge in [0.25, 0.3) is 0 Å². The third kappa shape index (κ3) is 21.3. The summed E-state index contributed by atoms with van der Waals surface area (Å²) in [6.45, 7) is 4.40. The Labute approximate surface area is 395 Å². The molecule has 0 aliphatic carbocycles. The van der Waals surface area contributed by atoms with E-state index in [4.69, 9.17) is 38.3 Å². The van der Waals surface area contributed by atoms with Crippen molar-refractivity contribution in [2.24, 2.45) is 5.92 Å². The van der Waals surface area contributed by atoms with Crippen molar-refractivity contribution >= 4 is 11.9 Å². The molecule has 3 heterocycles. The van der Waals surface area contributed by atoms with E-state index >= 15 is 0 Å². The van der Waals surface area contributed by atoms with Gasteiger partial charge in [-0.3, -0.25) is 4.79 Å². The standard InChI is InChI=1S/C47H86O20/c1-4-5-19-29(20-18-23-31(49)30(48)21-16-14-12-10-8-6-7-9-11-13-15-17-22-32(50)44(59)60)64-46-42(37(54)33(51)25-62-46)67-47-43(38(55)34(52)26-63-47)66-45-41(58)40(57)39(56)35(65-45)27-61-36(53)24-28(2)3/h28-35,37-43,45-52,54-58H,4-27H2,1-3H3,(H,59,60)/t29-,30-,31-,32-,33-,34-,35-,37+,38+,39-,40+,41-,42-,43-,45+,46+,47+/m0/s1. The van der Waals surface area contributed by atoms with E-state index in [2.05, 4.69) is 0 Å². The van der Waals surface area contributed by atoms with Gasteiger partial charge in [0.1, 0.15) is 67.6 Å². The summed E-state index contributed by atoms with van der Waals surface area (Å²) >= 11 is 0. The van der Waals surface area contributed by atoms with Crippen molar-refractivity contribution in [1.29, 1.82) is 0 Å². The molecule has 0 aromatic carbocycles. The lowest BCUT2D eigenvalue weighted by Crippen LogP contribution is -2.64. The summed E-state index contributed by atoms with van der Waals surface area (Å²) in [7, 11) is 0. The summed E-state index contributed by atoms with van der Waals surface area (Å²) in [5.41, 5.74) is 0. The molecule has 11 N–H and O–H groups in total. The number of carbonyl (C=O) groups excluding carboxylic acids is 1. The smallest absolute Gasteiger partial charge is 0.332 e. The molecule has 3 fully saturated rings. The molecule has 0 radical (unpaired) electrons. The maximum atomic E-state index is 12.2. The van der Waals surface area contributed by atoms with Gasteiger partial charge in [0.05, 0.1) is 31.5 Å². The molecule has 20 heteroatoms. The van der Waals surface area contributed by atoms with Crippen LogP contribution in [-0.2, 0) is 42.7 Å². The molecule has 20 nitrogen and oxygen atoms in total. The van der Waals surface area contributed by atoms with E-state index in [1.165, 1.54) is 0 Å². The summed E-state index contributed by atoms with van der Waals surface area (Å²) in [6.07, 6.45) is -7.52. The Hall–Kier alpha value is -1.70. The third-order valence-electron chi connectivity index (χ3n) is 12.8. The summed E-state index contributed by atoms with van der Waals surface area (Å²) in [5.74, 6) is -1.75. The number of carbonyl (C=O) groups is 2. The van der Waals surface area contributed by atoms with Crippen molar-refractivity contribution < 1.29 is 98.9 Å². The van der Waals surface area contributed by atoms with Crippen molar-refractivity contribution in [1.82, 2.24) is 0 Å². The van der Waals surface area contributed by atoms with Crippen molar-refractivity contribution in [3.05, 3.63) is 0 Å². The number of carboxylic acids is 1. The summed E-state index contributed by atoms with van der Waals surface area (Å²) in [4.78, 5) is 22.9. The van der Waals surface area contributed by atoms with Crippen LogP contribution in [0.5, 0.6) is 0 Å². The molecule has 0 unspecified atom stereocenters. The second-order valence-electron chi connectivity index (χ2n) is 19.2. The first kappa shape index (κ1) is 59.6. The minimum Gasteiger partial charge on any atom is -0.479 e. The van der Waals surface area contributed by atoms with E-state index in [0.717, 1.165) is 89.9 Å². The molecule has 394 valence electrons. The van der Waals surface area contributed by atoms with Crippen molar-refractivity contribution in [2.45, 2.75) is 260 Å². The highest BCUT2D eigenvalue weighted by molar-refractivity contribution is 5.71. The highest BCUT2D eigenvalue weighted by atomic mass is 16.8. The van der Waals surface area contributed by atoms with Gasteiger partial charge in [0, 0.05) is 6.42 Å². The molecular formula is C47H86O20. The van der Waals surface area contributed by atoms with Crippen LogP contribution in [0.1, 0.15) is 156 Å². The van der Waals surface area contributed by atoms with E-state index in [-0.39, 0.29) is 18.9 Å². The van der Waals surface area contributed by atoms with Crippen LogP contribution in [0.25, 0.3) is 0 Å². The number of carboxylic acid groups (broad SMARTS) is 1. The summed E-state index contributed by atoms with van der Waals surface area (Å²) in [6, 6.07) is 0. The maximum Gasteiger partial charge on any atom is 0.332 e. The van der Waals surface area contributed by atoms with E-state index in [9.17, 15) is 60.7 Å². The Balaban J connectivity index is 1.48. The largest absolute Gasteiger partial charge is 0.479 e. The second kappa shape index (κ2) is 32.3. The number of aliphatic hydroxyl groups is 10. The SMILES string of the molecule is CCCC[C@@H](CCC[C@H](O)[C@@H](O)CCCCCCCCCCCCCC[C@H](O)C(=O)O)O[C@H]1OC[C@H](O)[C@@H](O)[C@@H]1O[C@H]1OC[C@H](O)[C@@H](O)[C@@H]1O[C@H]1O[C@@H](COC(=O)CC(C)C)[C@H](O)[C@@H](O)[C@@H]1O. The highest BCUT2D eigenvalue weighted by Gasteiger charge is 2.51. The predicted octanol–water partition coefficient (Wildman–Crippen LogP) is 1.68. The normalized spacial score (nSPS) is 32.2. The fourth-order valence-electron chi connectivity index (χ4n) is 8.52. The van der Waals surface area contributed by atoms with Crippen molar-refractivity contribution in [2.75, 3.05) is 19.8 Å². The Bertz CT molecular complexity index is 1330. The minimum atomic E-state index is -1.88. The molecular weight excluding hydrogens is 884 g/mol. The zero-order valence-corrected chi connectivity index (χ0v) is 40.0. The van der Waals surface area contributed by atoms with E-state index in [1.54, 1.807) is 0 Å². The fourth-order valence-corrected chi connectivity index (χ4v) is 8.52. The fraction of sp³-hybridized carbons (Fsp3) is 0.957. The molecule has 3 rings (SSSR count). The second-order valence-corrected chi connectivity index (χ2v) is 19.2. The Kier molecular flexibility index (Phi) is 28.7. The van der Waals surface area contributed by atoms with Gasteiger partial charge in [0.15, 0.2) is 25.0 Å². The molecule has 0 bridgehead atoms. The number of ether oxygens (including phenoxy) is 7. The maximum absolute atomic E-state index is 12.2. The van der Waals surface area contributed by atoms with Crippen LogP contribution in [0.15, 0.2) is 0 Å². The van der Waals surface area contributed by atoms with Crippen LogP contribution in [0.4, 0.5) is 0 Å². The van der Waals surface area contributed by atoms with Gasteiger partial charge in [-0.25, -0.2) is 4.79 Å². The summed E-state index contributed by atoms with van der Waals surface area (Å²) < 4.78 is 40.8. The van der Waals surface area contributed by atoms with E-state index in [1.807, 2.05) is 20.8 Å². The summed E-state index contributed by atoms with van der Waals surface area (Å²) in [5, 5.41) is 115. The van der Waals surface area contributed by atoms with Crippen LogP contribution in [0.2, 0.25) is 0 Å². The lowest BCUT2D eigenvalue weighted by Gasteiger charge is -2.46. The van der Waals surface area contributed by atoms with Gasteiger partial charge in [-0.1, -0.05) is 111 Å². The molecule has 0 aromatic rings. The highest BCUT2D eigenvalue weighted by Crippen LogP contribution is 2.32. The number of hydrogen-bond donors (Lipinski definition) is 11. The third-order valence-corrected chi connectivity index (χ3v) is 12.8. The average molecular weight is 971 g/mol. The number of unbranched alkanes of at least 4 members (excludes halogenated alkanes) is 12. The number of esters is 1. The molecule has 3 aliphatic rings. The van der Waals surface area contributed by atoms with Gasteiger partial charge < -0.3 is 89.3 Å². The van der Waals surface area contributed by atoms with Crippen LogP contribution in [0, 0.1) is 5.92 Å². The van der Waals surface area contributed by atoms with Gasteiger partial charge in [-0.05, 0) is 44.4 Å². The lowest BCUT2D eigenvalue weighted by molar-refractivity contribution is -0.380. The first-order valence-electron chi connectivity index (χ1n) is 25.0. The van der Waals surface area contributed by atoms with Gasteiger partial charge in [0.2, 0.25) is 0 Å². The molecule has 0 saturated carbocycles. The number of aliphatic carboxylic acids is 1. The van der Waals surface area contributed by atoms with Gasteiger partial charge in [-0.15, -0.1) is 0 Å². The number of hydrogen-bond acceptors (Lipinski definition) is 19. The van der Waals surface area contributed by atoms with Gasteiger partial charge >= 0.3 is 11.9 Å². The molecule has 3 aliphatic heterocycles. The Morgan fingerprint density at radius 1 is 0.567 bits per heavy atom. The van der Waals surface area contributed by atoms with Crippen LogP contribution in [-0.4, -0.2) is 192 Å². The zero-order valence-electron chi connectivity index (χ0n) is 40.0. The van der Waals surface area contributed by atoms with Gasteiger partial charge in [-0.2, -0.15) is 0 Å². The first-order chi connectivity index (χ1) is 31.9. The Morgan fingerprint density at radius 2 is 1.04 bits per heavy atom. The molecule has 3 saturated heterocycles. The quantitative estimate of drug-likeness (QED) is 0.0323. The van der Waals surface area contributed by atoms with E-state index < -0.39 is 129 Å². The van der Waals surface area contributed by atoms with Crippen molar-refractivity contribution in [3.63, 3.8) is 0 Å². The average Bonchev–Trinajstić information content (AvgIpc) is 3.29. The number of rotatable bonds is 34. The molecule has 0 spiro atoms. The van der Waals surface area contributed by atoms with Crippen LogP contribution < -0.4 is 0 Å². The molecule has 17 atom stereocenters. The topological polar surface area (TPSA) is 321 Å². The van der Waals surface area contributed by atoms with Crippen molar-refractivity contribution in [3.8, 4) is 0 Å². The molecule has 0 aromatic heterocycles. The predicted molar refractivity (Wildman–Crippen MR) is 239 cm³/mol. The lowest BCUT2D eigenvalue weighted by atomic mass is 9.98. The van der Waals surface area contributed by atoms with E-state index in [0.29, 0.717) is 38.5 Å². The monoisotopic (exact) mass is 971 g/mol. The molecule has 67 heavy (non-hydrogen) atoms. The number of aliphatic hydroxyl groups excluding tert-OH is 10. The first-order valence-corrected chi connectivity index (χ1v) is 25.0. The van der Waals surface area contributed by atoms with Crippen LogP contribution >= 0.6 is 0 Å². The minimum absolute atomic E-state index is 0.0120. The van der Waals surface area contributed by atoms with Crippen LogP contribution in [0.3, 0.4) is 0 Å². The Morgan fingerprint density at radius 3 is 1.58 bits per heavy atom.